The van der Waals surface area contributed by atoms with Gasteiger partial charge in [-0.15, -0.1) is 0 Å². The van der Waals surface area contributed by atoms with Gasteiger partial charge in [-0.3, -0.25) is 0 Å². The number of nitrogens with zero attached hydrogens (tertiary/aromatic N) is 1. The number of hydrogen-bond donors (Lipinski definition) is 0. The van der Waals surface area contributed by atoms with Gasteiger partial charge in [0.1, 0.15) is 0 Å². The van der Waals surface area contributed by atoms with Crippen molar-refractivity contribution < 1.29 is 51.4 Å². The molecule has 0 aromatic rings. The molecule has 1 nitrogen and oxygen atoms in total. The Balaban J connectivity index is 0. The van der Waals surface area contributed by atoms with Crippen LogP contribution >= 0.6 is 12.2 Å². The SMILES string of the molecule is CC(C)(C)N(C(=S)[S-])C(C)(C)C.[K+]. The van der Waals surface area contributed by atoms with Crippen LogP contribution in [0, 0.1) is 0 Å². The first-order valence-electron chi connectivity index (χ1n) is 4.08. The van der Waals surface area contributed by atoms with Crippen molar-refractivity contribution in [3.8, 4) is 0 Å². The maximum Gasteiger partial charge on any atom is 1.00 e. The maximum absolute atomic E-state index is 5.05. The van der Waals surface area contributed by atoms with Crippen molar-refractivity contribution >= 4 is 29.2 Å². The third-order valence-corrected chi connectivity index (χ3v) is 1.89. The Labute approximate surface area is 136 Å². The second-order valence-electron chi connectivity index (χ2n) is 4.94. The average Bonchev–Trinajstić information content (AvgIpc) is 1.49. The number of rotatable bonds is 0. The van der Waals surface area contributed by atoms with Crippen LogP contribution in [-0.2, 0) is 12.6 Å². The molecule has 0 rings (SSSR count). The zero-order valence-corrected chi connectivity index (χ0v) is 14.5. The van der Waals surface area contributed by atoms with Gasteiger partial charge in [-0.2, -0.15) is 0 Å². The van der Waals surface area contributed by atoms with Crippen molar-refractivity contribution in [1.82, 2.24) is 4.90 Å². The first kappa shape index (κ1) is 17.2. The zero-order valence-electron chi connectivity index (χ0n) is 9.76. The molecule has 0 aliphatic heterocycles. The predicted octanol–water partition coefficient (Wildman–Crippen LogP) is -0.279. The summed E-state index contributed by atoms with van der Waals surface area (Å²) in [4.78, 5) is 2.09. The van der Waals surface area contributed by atoms with E-state index in [1.54, 1.807) is 0 Å². The Morgan fingerprint density at radius 2 is 1.23 bits per heavy atom. The minimum atomic E-state index is 0. The van der Waals surface area contributed by atoms with Gasteiger partial charge >= 0.3 is 51.4 Å². The molecule has 0 aliphatic rings. The Hall–Kier alpha value is 1.75. The van der Waals surface area contributed by atoms with Crippen molar-refractivity contribution in [2.24, 2.45) is 0 Å². The van der Waals surface area contributed by atoms with Crippen molar-refractivity contribution in [3.05, 3.63) is 0 Å². The first-order chi connectivity index (χ1) is 5.07. The fraction of sp³-hybridized carbons (Fsp3) is 0.889. The van der Waals surface area contributed by atoms with Gasteiger partial charge < -0.3 is 29.7 Å². The molecule has 0 saturated carbocycles. The smallest absolute Gasteiger partial charge is 0.411 e. The van der Waals surface area contributed by atoms with Crippen LogP contribution in [0.4, 0.5) is 0 Å². The van der Waals surface area contributed by atoms with Crippen LogP contribution in [0.5, 0.6) is 0 Å². The van der Waals surface area contributed by atoms with Crippen molar-refractivity contribution in [3.63, 3.8) is 0 Å². The van der Waals surface area contributed by atoms with E-state index in [2.05, 4.69) is 46.4 Å². The van der Waals surface area contributed by atoms with E-state index in [9.17, 15) is 0 Å². The molecule has 0 aromatic heterocycles. The Morgan fingerprint density at radius 1 is 1.00 bits per heavy atom. The third kappa shape index (κ3) is 6.02. The first-order valence-corrected chi connectivity index (χ1v) is 4.90. The molecule has 0 atom stereocenters. The van der Waals surface area contributed by atoms with E-state index >= 15 is 0 Å². The monoisotopic (exact) mass is 243 g/mol. The van der Waals surface area contributed by atoms with Crippen LogP contribution < -0.4 is 51.4 Å². The van der Waals surface area contributed by atoms with E-state index in [1.165, 1.54) is 0 Å². The minimum Gasteiger partial charge on any atom is -0.411 e. The van der Waals surface area contributed by atoms with E-state index in [0.717, 1.165) is 0 Å². The van der Waals surface area contributed by atoms with Gasteiger partial charge in [0, 0.05) is 11.1 Å². The fourth-order valence-corrected chi connectivity index (χ4v) is 2.65. The van der Waals surface area contributed by atoms with Crippen molar-refractivity contribution in [1.29, 1.82) is 0 Å². The average molecular weight is 243 g/mol. The molecule has 0 N–H and O–H groups in total. The number of thiocarbonyl (C=S) groups is 1. The molecule has 72 valence electrons. The second kappa shape index (κ2) is 5.73. The van der Waals surface area contributed by atoms with Gasteiger partial charge in [0.2, 0.25) is 0 Å². The summed E-state index contributed by atoms with van der Waals surface area (Å²) in [6.45, 7) is 12.7. The molecule has 0 amide bonds. The van der Waals surface area contributed by atoms with Crippen LogP contribution in [0.25, 0.3) is 0 Å². The maximum atomic E-state index is 5.05. The second-order valence-corrected chi connectivity index (χ2v) is 5.97. The van der Waals surface area contributed by atoms with Crippen LogP contribution in [0.3, 0.4) is 0 Å². The van der Waals surface area contributed by atoms with E-state index in [0.29, 0.717) is 4.32 Å². The molecule has 0 heterocycles. The standard InChI is InChI=1S/C9H19NS2.K/c1-8(2,3)10(7(11)12)9(4,5)6;/h1-6H3,(H,11,12);/q;+1/p-1. The van der Waals surface area contributed by atoms with E-state index in [4.69, 9.17) is 24.8 Å². The summed E-state index contributed by atoms with van der Waals surface area (Å²) in [5.41, 5.74) is 0.0220. The van der Waals surface area contributed by atoms with Crippen LogP contribution in [0.2, 0.25) is 0 Å². The molecule has 0 saturated heterocycles. The van der Waals surface area contributed by atoms with Gasteiger partial charge in [0.25, 0.3) is 0 Å². The zero-order chi connectivity index (χ0) is 10.2. The van der Waals surface area contributed by atoms with Crippen LogP contribution in [0.15, 0.2) is 0 Å². The van der Waals surface area contributed by atoms with Gasteiger partial charge in [0.05, 0.1) is 0 Å². The molecule has 0 aromatic carbocycles. The Morgan fingerprint density at radius 3 is 1.23 bits per heavy atom. The molecular formula is C9H18KNS2. The molecule has 0 radical (unpaired) electrons. The van der Waals surface area contributed by atoms with Gasteiger partial charge in [0.15, 0.2) is 0 Å². The van der Waals surface area contributed by atoms with Gasteiger partial charge in [-0.1, -0.05) is 4.32 Å². The third-order valence-electron chi connectivity index (χ3n) is 1.52. The van der Waals surface area contributed by atoms with E-state index in [-0.39, 0.29) is 62.5 Å². The topological polar surface area (TPSA) is 3.24 Å². The van der Waals surface area contributed by atoms with Crippen molar-refractivity contribution in [2.75, 3.05) is 0 Å². The summed E-state index contributed by atoms with van der Waals surface area (Å²) >= 11 is 10.1. The van der Waals surface area contributed by atoms with E-state index < -0.39 is 0 Å². The van der Waals surface area contributed by atoms with Crippen LogP contribution in [-0.4, -0.2) is 20.3 Å². The molecular weight excluding hydrogens is 225 g/mol. The fourth-order valence-electron chi connectivity index (χ4n) is 1.55. The van der Waals surface area contributed by atoms with Gasteiger partial charge in [-0.25, -0.2) is 0 Å². The van der Waals surface area contributed by atoms with Gasteiger partial charge in [-0.05, 0) is 41.5 Å². The molecule has 13 heavy (non-hydrogen) atoms. The molecule has 0 aliphatic carbocycles. The van der Waals surface area contributed by atoms with Crippen LogP contribution in [0.1, 0.15) is 41.5 Å². The quantitative estimate of drug-likeness (QED) is 0.327. The van der Waals surface area contributed by atoms with E-state index in [1.807, 2.05) is 0 Å². The summed E-state index contributed by atoms with van der Waals surface area (Å²) in [5, 5.41) is 0. The predicted molar refractivity (Wildman–Crippen MR) is 61.3 cm³/mol. The summed E-state index contributed by atoms with van der Waals surface area (Å²) in [5.74, 6) is 0. The molecule has 0 unspecified atom stereocenters. The molecule has 0 spiro atoms. The Kier molecular flexibility index (Phi) is 7.56. The normalized spacial score (nSPS) is 11.8. The Bertz CT molecular complexity index is 165. The molecule has 0 bridgehead atoms. The summed E-state index contributed by atoms with van der Waals surface area (Å²) in [7, 11) is 0. The molecule has 4 heteroatoms. The largest absolute Gasteiger partial charge is 1.00 e. The number of hydrogen-bond acceptors (Lipinski definition) is 2. The molecule has 0 fully saturated rings. The van der Waals surface area contributed by atoms with Crippen molar-refractivity contribution in [2.45, 2.75) is 52.6 Å². The minimum absolute atomic E-state index is 0. The summed E-state index contributed by atoms with van der Waals surface area (Å²) < 4.78 is 0.551. The summed E-state index contributed by atoms with van der Waals surface area (Å²) in [6.07, 6.45) is 0. The summed E-state index contributed by atoms with van der Waals surface area (Å²) in [6, 6.07) is 0.